The zero-order valence-corrected chi connectivity index (χ0v) is 17.4. The Labute approximate surface area is 175 Å². The minimum absolute atomic E-state index is 0.0902. The Morgan fingerprint density at radius 1 is 1.14 bits per heavy atom. The van der Waals surface area contributed by atoms with Gasteiger partial charge in [-0.05, 0) is 36.2 Å². The van der Waals surface area contributed by atoms with Crippen molar-refractivity contribution in [3.05, 3.63) is 71.6 Å². The molecule has 1 aromatic heterocycles. The number of amides is 1. The normalized spacial score (nSPS) is 14.7. The van der Waals surface area contributed by atoms with Crippen molar-refractivity contribution in [1.82, 2.24) is 9.88 Å². The molecule has 1 aliphatic rings. The van der Waals surface area contributed by atoms with Crippen molar-refractivity contribution in [2.45, 2.75) is 19.9 Å². The lowest BCUT2D eigenvalue weighted by Crippen LogP contribution is -2.32. The molecule has 0 radical (unpaired) electrons. The molecular weight excluding hydrogens is 382 g/mol. The molecule has 5 nitrogen and oxygen atoms in total. The van der Waals surface area contributed by atoms with Crippen molar-refractivity contribution in [1.29, 1.82) is 0 Å². The molecule has 3 aromatic rings. The number of anilines is 1. The Morgan fingerprint density at radius 2 is 1.93 bits per heavy atom. The largest absolute Gasteiger partial charge is 0.444 e. The lowest BCUT2D eigenvalue weighted by atomic mass is 10.1. The van der Waals surface area contributed by atoms with Crippen LogP contribution in [0, 0.1) is 6.92 Å². The fourth-order valence-electron chi connectivity index (χ4n) is 3.45. The van der Waals surface area contributed by atoms with Crippen molar-refractivity contribution in [3.63, 3.8) is 0 Å². The molecule has 0 saturated carbocycles. The van der Waals surface area contributed by atoms with E-state index in [1.54, 1.807) is 6.26 Å². The van der Waals surface area contributed by atoms with Gasteiger partial charge in [0.2, 0.25) is 11.8 Å². The predicted octanol–water partition coefficient (Wildman–Crippen LogP) is 4.38. The minimum Gasteiger partial charge on any atom is -0.444 e. The molecule has 1 amide bonds. The first-order chi connectivity index (χ1) is 14.2. The molecule has 0 unspecified atom stereocenters. The van der Waals surface area contributed by atoms with E-state index in [9.17, 15) is 4.79 Å². The summed E-state index contributed by atoms with van der Waals surface area (Å²) in [6.07, 6.45) is 1.74. The average Bonchev–Trinajstić information content (AvgIpc) is 3.21. The van der Waals surface area contributed by atoms with Crippen molar-refractivity contribution in [2.75, 3.05) is 29.9 Å². The second-order valence-electron chi connectivity index (χ2n) is 7.21. The predicted molar refractivity (Wildman–Crippen MR) is 118 cm³/mol. The fourth-order valence-corrected chi connectivity index (χ4v) is 4.43. The Bertz CT molecular complexity index is 965. The number of carbonyl (C=O) groups excluding carboxylic acids is 1. The SMILES string of the molecule is Cc1c(CN2CCSCC2)cccc1NC(=O)Cc1coc(-c2ccccc2)n1. The van der Waals surface area contributed by atoms with E-state index in [2.05, 4.69) is 28.2 Å². The number of carbonyl (C=O) groups is 1. The van der Waals surface area contributed by atoms with E-state index in [1.807, 2.05) is 54.2 Å². The highest BCUT2D eigenvalue weighted by atomic mass is 32.2. The monoisotopic (exact) mass is 407 g/mol. The highest BCUT2D eigenvalue weighted by Crippen LogP contribution is 2.23. The summed E-state index contributed by atoms with van der Waals surface area (Å²) in [5, 5.41) is 3.04. The van der Waals surface area contributed by atoms with Gasteiger partial charge in [-0.2, -0.15) is 11.8 Å². The third kappa shape index (κ3) is 5.08. The van der Waals surface area contributed by atoms with Crippen LogP contribution >= 0.6 is 11.8 Å². The van der Waals surface area contributed by atoms with Crippen LogP contribution in [0.25, 0.3) is 11.5 Å². The molecule has 150 valence electrons. The Kier molecular flexibility index (Phi) is 6.32. The lowest BCUT2D eigenvalue weighted by molar-refractivity contribution is -0.115. The molecule has 1 fully saturated rings. The second-order valence-corrected chi connectivity index (χ2v) is 8.44. The van der Waals surface area contributed by atoms with E-state index in [-0.39, 0.29) is 12.3 Å². The Morgan fingerprint density at radius 3 is 2.72 bits per heavy atom. The van der Waals surface area contributed by atoms with Gasteiger partial charge in [0.1, 0.15) is 6.26 Å². The molecule has 6 heteroatoms. The highest BCUT2D eigenvalue weighted by Gasteiger charge is 2.15. The summed E-state index contributed by atoms with van der Waals surface area (Å²) in [4.78, 5) is 19.5. The summed E-state index contributed by atoms with van der Waals surface area (Å²) >= 11 is 2.01. The van der Waals surface area contributed by atoms with Gasteiger partial charge >= 0.3 is 0 Å². The lowest BCUT2D eigenvalue weighted by Gasteiger charge is -2.27. The first kappa shape index (κ1) is 19.7. The van der Waals surface area contributed by atoms with Crippen LogP contribution in [-0.2, 0) is 17.8 Å². The van der Waals surface area contributed by atoms with Crippen LogP contribution in [0.2, 0.25) is 0 Å². The van der Waals surface area contributed by atoms with Gasteiger partial charge in [0.25, 0.3) is 0 Å². The molecule has 0 aliphatic carbocycles. The first-order valence-corrected chi connectivity index (χ1v) is 11.0. The second kappa shape index (κ2) is 9.29. The van der Waals surface area contributed by atoms with Crippen molar-refractivity contribution < 1.29 is 9.21 Å². The molecule has 0 atom stereocenters. The number of hydrogen-bond acceptors (Lipinski definition) is 5. The summed E-state index contributed by atoms with van der Waals surface area (Å²) in [5.41, 5.74) is 4.79. The number of oxazole rings is 1. The maximum Gasteiger partial charge on any atom is 0.230 e. The smallest absolute Gasteiger partial charge is 0.230 e. The number of nitrogens with one attached hydrogen (secondary N) is 1. The van der Waals surface area contributed by atoms with E-state index in [4.69, 9.17) is 4.42 Å². The average molecular weight is 408 g/mol. The number of thioether (sulfide) groups is 1. The van der Waals surface area contributed by atoms with Crippen molar-refractivity contribution in [3.8, 4) is 11.5 Å². The van der Waals surface area contributed by atoms with Gasteiger partial charge in [0.05, 0.1) is 12.1 Å². The summed E-state index contributed by atoms with van der Waals surface area (Å²) < 4.78 is 5.53. The standard InChI is InChI=1S/C23H25N3O2S/c1-17-19(15-26-10-12-29-13-11-26)8-5-9-21(17)25-22(27)14-20-16-28-23(24-20)18-6-3-2-4-7-18/h2-9,16H,10-15H2,1H3,(H,25,27). The van der Waals surface area contributed by atoms with Crippen LogP contribution in [0.5, 0.6) is 0 Å². The fraction of sp³-hybridized carbons (Fsp3) is 0.304. The molecule has 29 heavy (non-hydrogen) atoms. The molecule has 1 aliphatic heterocycles. The van der Waals surface area contributed by atoms with Crippen molar-refractivity contribution in [2.24, 2.45) is 0 Å². The van der Waals surface area contributed by atoms with Gasteiger partial charge in [-0.3, -0.25) is 9.69 Å². The van der Waals surface area contributed by atoms with Crippen LogP contribution in [-0.4, -0.2) is 40.4 Å². The summed E-state index contributed by atoms with van der Waals surface area (Å²) in [7, 11) is 0. The molecule has 0 bridgehead atoms. The molecule has 0 spiro atoms. The van der Waals surface area contributed by atoms with Crippen LogP contribution in [0.15, 0.2) is 59.2 Å². The molecule has 1 N–H and O–H groups in total. The summed E-state index contributed by atoms with van der Waals surface area (Å²) in [6.45, 7) is 5.25. The Hall–Kier alpha value is -2.57. The van der Waals surface area contributed by atoms with Gasteiger partial charge in [0.15, 0.2) is 0 Å². The van der Waals surface area contributed by atoms with Gasteiger partial charge in [-0.25, -0.2) is 4.98 Å². The maximum absolute atomic E-state index is 12.6. The summed E-state index contributed by atoms with van der Waals surface area (Å²) in [5.74, 6) is 2.83. The first-order valence-electron chi connectivity index (χ1n) is 9.87. The van der Waals surface area contributed by atoms with Crippen LogP contribution in [0.1, 0.15) is 16.8 Å². The van der Waals surface area contributed by atoms with Gasteiger partial charge < -0.3 is 9.73 Å². The van der Waals surface area contributed by atoms with Crippen LogP contribution < -0.4 is 5.32 Å². The molecule has 1 saturated heterocycles. The molecular formula is C23H25N3O2S. The third-order valence-corrected chi connectivity index (χ3v) is 6.07. The number of aromatic nitrogens is 1. The zero-order valence-electron chi connectivity index (χ0n) is 16.6. The number of benzene rings is 2. The van der Waals surface area contributed by atoms with E-state index in [0.29, 0.717) is 11.6 Å². The number of nitrogens with zero attached hydrogens (tertiary/aromatic N) is 2. The number of rotatable bonds is 6. The van der Waals surface area contributed by atoms with Gasteiger partial charge in [-0.15, -0.1) is 0 Å². The highest BCUT2D eigenvalue weighted by molar-refractivity contribution is 7.99. The molecule has 4 rings (SSSR count). The quantitative estimate of drug-likeness (QED) is 0.657. The van der Waals surface area contributed by atoms with E-state index < -0.39 is 0 Å². The number of hydrogen-bond donors (Lipinski definition) is 1. The third-order valence-electron chi connectivity index (χ3n) is 5.13. The van der Waals surface area contributed by atoms with Gasteiger partial charge in [0, 0.05) is 42.4 Å². The van der Waals surface area contributed by atoms with Crippen LogP contribution in [0.3, 0.4) is 0 Å². The van der Waals surface area contributed by atoms with E-state index >= 15 is 0 Å². The Balaban J connectivity index is 1.39. The summed E-state index contributed by atoms with van der Waals surface area (Å²) in [6, 6.07) is 15.8. The van der Waals surface area contributed by atoms with E-state index in [1.165, 1.54) is 17.1 Å². The zero-order chi connectivity index (χ0) is 20.1. The van der Waals surface area contributed by atoms with Gasteiger partial charge in [-0.1, -0.05) is 30.3 Å². The van der Waals surface area contributed by atoms with E-state index in [0.717, 1.165) is 36.4 Å². The van der Waals surface area contributed by atoms with Crippen LogP contribution in [0.4, 0.5) is 5.69 Å². The molecule has 2 heterocycles. The van der Waals surface area contributed by atoms with Crippen molar-refractivity contribution >= 4 is 23.4 Å². The topological polar surface area (TPSA) is 58.4 Å². The molecule has 2 aromatic carbocycles. The minimum atomic E-state index is -0.0902. The maximum atomic E-state index is 12.6.